The van der Waals surface area contributed by atoms with E-state index < -0.39 is 0 Å². The Hall–Kier alpha value is -0.570. The van der Waals surface area contributed by atoms with Gasteiger partial charge in [-0.2, -0.15) is 0 Å². The second-order valence-corrected chi connectivity index (χ2v) is 6.66. The Morgan fingerprint density at radius 1 is 1.06 bits per heavy atom. The number of carbonyl (C=O) groups excluding carboxylic acids is 1. The van der Waals surface area contributed by atoms with Gasteiger partial charge in [0.25, 0.3) is 0 Å². The third-order valence-corrected chi connectivity index (χ3v) is 5.05. The Bertz CT molecular complexity index is 285. The molecule has 1 saturated carbocycles. The largest absolute Gasteiger partial charge is 0.341 e. The molecule has 104 valence electrons. The van der Waals surface area contributed by atoms with E-state index in [0.717, 1.165) is 13.1 Å². The van der Waals surface area contributed by atoms with Gasteiger partial charge >= 0.3 is 0 Å². The van der Waals surface area contributed by atoms with E-state index in [2.05, 4.69) is 0 Å². The predicted octanol–water partition coefficient (Wildman–Crippen LogP) is 2.54. The number of piperidine rings is 1. The summed E-state index contributed by atoms with van der Waals surface area (Å²) in [7, 11) is 0. The van der Waals surface area contributed by atoms with E-state index in [1.165, 1.54) is 44.9 Å². The molecule has 0 aromatic rings. The first kappa shape index (κ1) is 13.9. The van der Waals surface area contributed by atoms with Crippen molar-refractivity contribution in [2.24, 2.45) is 17.1 Å². The van der Waals surface area contributed by atoms with Crippen LogP contribution in [-0.4, -0.2) is 29.9 Å². The molecular formula is C15H28N2O. The topological polar surface area (TPSA) is 46.3 Å². The van der Waals surface area contributed by atoms with Gasteiger partial charge in [-0.1, -0.05) is 33.1 Å². The van der Waals surface area contributed by atoms with Crippen molar-refractivity contribution < 1.29 is 4.79 Å². The molecule has 1 heterocycles. The number of nitrogens with zero attached hydrogens (tertiary/aromatic N) is 1. The van der Waals surface area contributed by atoms with Gasteiger partial charge in [0, 0.05) is 13.1 Å². The van der Waals surface area contributed by atoms with Crippen LogP contribution in [0.4, 0.5) is 0 Å². The molecule has 2 rings (SSSR count). The van der Waals surface area contributed by atoms with Crippen molar-refractivity contribution in [3.63, 3.8) is 0 Å². The number of rotatable bonds is 2. The standard InChI is InChI=1S/C15H28N2O/c1-12(2)13(16)14(18)17-10-8-15(9-11-17)6-4-3-5-7-15/h12-13H,3-11,16H2,1-2H3/t13-/m1/s1. The molecule has 0 bridgehead atoms. The first-order valence-corrected chi connectivity index (χ1v) is 7.58. The fourth-order valence-corrected chi connectivity index (χ4v) is 3.50. The molecule has 0 aromatic carbocycles. The minimum atomic E-state index is -0.314. The zero-order valence-electron chi connectivity index (χ0n) is 12.0. The average Bonchev–Trinajstić information content (AvgIpc) is 2.39. The highest BCUT2D eigenvalue weighted by Crippen LogP contribution is 2.44. The van der Waals surface area contributed by atoms with E-state index >= 15 is 0 Å². The van der Waals surface area contributed by atoms with Gasteiger partial charge in [0.2, 0.25) is 5.91 Å². The summed E-state index contributed by atoms with van der Waals surface area (Å²) in [6, 6.07) is -0.314. The van der Waals surface area contributed by atoms with Gasteiger partial charge in [0.15, 0.2) is 0 Å². The summed E-state index contributed by atoms with van der Waals surface area (Å²) in [5.41, 5.74) is 6.54. The third-order valence-electron chi connectivity index (χ3n) is 5.05. The quantitative estimate of drug-likeness (QED) is 0.821. The van der Waals surface area contributed by atoms with Crippen molar-refractivity contribution in [3.8, 4) is 0 Å². The number of hydrogen-bond donors (Lipinski definition) is 1. The van der Waals surface area contributed by atoms with Crippen molar-refractivity contribution >= 4 is 5.91 Å². The second-order valence-electron chi connectivity index (χ2n) is 6.66. The minimum Gasteiger partial charge on any atom is -0.341 e. The minimum absolute atomic E-state index is 0.163. The molecule has 1 amide bonds. The Morgan fingerprint density at radius 3 is 2.11 bits per heavy atom. The van der Waals surface area contributed by atoms with Crippen LogP contribution < -0.4 is 5.73 Å². The van der Waals surface area contributed by atoms with E-state index in [4.69, 9.17) is 5.73 Å². The smallest absolute Gasteiger partial charge is 0.239 e. The Morgan fingerprint density at radius 2 is 1.61 bits per heavy atom. The molecule has 0 aromatic heterocycles. The molecule has 1 aliphatic heterocycles. The van der Waals surface area contributed by atoms with Crippen LogP contribution in [0.2, 0.25) is 0 Å². The maximum absolute atomic E-state index is 12.2. The predicted molar refractivity (Wildman–Crippen MR) is 74.1 cm³/mol. The van der Waals surface area contributed by atoms with E-state index in [0.29, 0.717) is 5.41 Å². The number of carbonyl (C=O) groups is 1. The number of nitrogens with two attached hydrogens (primary N) is 1. The van der Waals surface area contributed by atoms with Crippen LogP contribution >= 0.6 is 0 Å². The van der Waals surface area contributed by atoms with E-state index in [1.54, 1.807) is 0 Å². The van der Waals surface area contributed by atoms with Crippen molar-refractivity contribution in [1.82, 2.24) is 4.90 Å². The molecule has 2 N–H and O–H groups in total. The molecule has 1 aliphatic carbocycles. The average molecular weight is 252 g/mol. The summed E-state index contributed by atoms with van der Waals surface area (Å²) in [5.74, 6) is 0.402. The van der Waals surface area contributed by atoms with Crippen molar-refractivity contribution in [1.29, 1.82) is 0 Å². The highest BCUT2D eigenvalue weighted by Gasteiger charge is 2.37. The lowest BCUT2D eigenvalue weighted by Gasteiger charge is -2.45. The number of hydrogen-bond acceptors (Lipinski definition) is 2. The molecular weight excluding hydrogens is 224 g/mol. The fraction of sp³-hybridized carbons (Fsp3) is 0.933. The summed E-state index contributed by atoms with van der Waals surface area (Å²) in [6.45, 7) is 5.91. The van der Waals surface area contributed by atoms with Gasteiger partial charge in [-0.15, -0.1) is 0 Å². The zero-order valence-corrected chi connectivity index (χ0v) is 12.0. The number of amides is 1. The first-order valence-electron chi connectivity index (χ1n) is 7.58. The molecule has 0 unspecified atom stereocenters. The SMILES string of the molecule is CC(C)[C@@H](N)C(=O)N1CCC2(CCCCC2)CC1. The van der Waals surface area contributed by atoms with Gasteiger partial charge in [-0.3, -0.25) is 4.79 Å². The number of likely N-dealkylation sites (tertiary alicyclic amines) is 1. The van der Waals surface area contributed by atoms with Crippen LogP contribution in [0.5, 0.6) is 0 Å². The van der Waals surface area contributed by atoms with Crippen LogP contribution in [-0.2, 0) is 4.79 Å². The molecule has 18 heavy (non-hydrogen) atoms. The van der Waals surface area contributed by atoms with Crippen molar-refractivity contribution in [2.75, 3.05) is 13.1 Å². The summed E-state index contributed by atoms with van der Waals surface area (Å²) in [5, 5.41) is 0. The molecule has 1 spiro atoms. The van der Waals surface area contributed by atoms with E-state index in [9.17, 15) is 4.79 Å². The molecule has 0 radical (unpaired) electrons. The Kier molecular flexibility index (Phi) is 4.31. The molecule has 2 aliphatic rings. The lowest BCUT2D eigenvalue weighted by atomic mass is 9.68. The molecule has 1 atom stereocenters. The molecule has 3 nitrogen and oxygen atoms in total. The lowest BCUT2D eigenvalue weighted by Crippen LogP contribution is -2.51. The van der Waals surface area contributed by atoms with Crippen LogP contribution in [0.25, 0.3) is 0 Å². The van der Waals surface area contributed by atoms with E-state index in [1.807, 2.05) is 18.7 Å². The normalized spacial score (nSPS) is 25.4. The lowest BCUT2D eigenvalue weighted by molar-refractivity contribution is -0.136. The second kappa shape index (κ2) is 5.60. The zero-order chi connectivity index (χ0) is 13.2. The first-order chi connectivity index (χ1) is 8.54. The van der Waals surface area contributed by atoms with Gasteiger partial charge < -0.3 is 10.6 Å². The summed E-state index contributed by atoms with van der Waals surface area (Å²) in [6.07, 6.45) is 9.34. The third kappa shape index (κ3) is 2.87. The maximum atomic E-state index is 12.2. The van der Waals surface area contributed by atoms with Gasteiger partial charge in [-0.05, 0) is 37.0 Å². The van der Waals surface area contributed by atoms with Crippen LogP contribution in [0.3, 0.4) is 0 Å². The van der Waals surface area contributed by atoms with Crippen LogP contribution in [0.1, 0.15) is 58.8 Å². The molecule has 1 saturated heterocycles. The van der Waals surface area contributed by atoms with Gasteiger partial charge in [0.05, 0.1) is 6.04 Å². The Balaban J connectivity index is 1.88. The molecule has 2 fully saturated rings. The Labute approximate surface area is 111 Å². The van der Waals surface area contributed by atoms with Gasteiger partial charge in [-0.25, -0.2) is 0 Å². The van der Waals surface area contributed by atoms with Crippen molar-refractivity contribution in [2.45, 2.75) is 64.8 Å². The highest BCUT2D eigenvalue weighted by atomic mass is 16.2. The monoisotopic (exact) mass is 252 g/mol. The van der Waals surface area contributed by atoms with Crippen LogP contribution in [0.15, 0.2) is 0 Å². The summed E-state index contributed by atoms with van der Waals surface area (Å²) < 4.78 is 0. The van der Waals surface area contributed by atoms with Crippen molar-refractivity contribution in [3.05, 3.63) is 0 Å². The maximum Gasteiger partial charge on any atom is 0.239 e. The summed E-state index contributed by atoms with van der Waals surface area (Å²) in [4.78, 5) is 14.2. The molecule has 3 heteroatoms. The van der Waals surface area contributed by atoms with Crippen LogP contribution in [0, 0.1) is 11.3 Å². The fourth-order valence-electron chi connectivity index (χ4n) is 3.50. The highest BCUT2D eigenvalue weighted by molar-refractivity contribution is 5.82. The van der Waals surface area contributed by atoms with Gasteiger partial charge in [0.1, 0.15) is 0 Å². The van der Waals surface area contributed by atoms with E-state index in [-0.39, 0.29) is 17.9 Å². The summed E-state index contributed by atoms with van der Waals surface area (Å²) >= 11 is 0.